The third-order valence-electron chi connectivity index (χ3n) is 4.31. The minimum absolute atomic E-state index is 0.213. The number of tetrazole rings is 1. The molecule has 0 bridgehead atoms. The minimum atomic E-state index is -3.47. The van der Waals surface area contributed by atoms with Gasteiger partial charge in [-0.3, -0.25) is 4.79 Å². The predicted molar refractivity (Wildman–Crippen MR) is 102 cm³/mol. The molecule has 1 aromatic heterocycles. The standard InChI is InChI=1S/C16H22N6O3S2/c1-12(26-16-18-19-20-21(16)2)15(23)17-13-6-8-14(9-7-13)27(24,25)22-10-4-3-5-11-22/h6-9,12H,3-5,10-11H2,1-2H3,(H,17,23). The van der Waals surface area contributed by atoms with E-state index >= 15 is 0 Å². The molecule has 11 heteroatoms. The number of benzene rings is 1. The van der Waals surface area contributed by atoms with Gasteiger partial charge in [0.15, 0.2) is 0 Å². The van der Waals surface area contributed by atoms with E-state index in [9.17, 15) is 13.2 Å². The quantitative estimate of drug-likeness (QED) is 0.719. The maximum absolute atomic E-state index is 12.7. The molecule has 27 heavy (non-hydrogen) atoms. The second kappa shape index (κ2) is 8.36. The number of nitrogens with one attached hydrogen (secondary N) is 1. The lowest BCUT2D eigenvalue weighted by molar-refractivity contribution is -0.115. The third-order valence-corrected chi connectivity index (χ3v) is 7.34. The smallest absolute Gasteiger partial charge is 0.243 e. The van der Waals surface area contributed by atoms with Crippen LogP contribution in [0, 0.1) is 0 Å². The summed E-state index contributed by atoms with van der Waals surface area (Å²) in [6, 6.07) is 6.28. The van der Waals surface area contributed by atoms with Crippen molar-refractivity contribution in [3.63, 3.8) is 0 Å². The van der Waals surface area contributed by atoms with E-state index in [1.807, 2.05) is 0 Å². The molecule has 0 radical (unpaired) electrons. The molecule has 1 aliphatic heterocycles. The van der Waals surface area contributed by atoms with Gasteiger partial charge in [0.1, 0.15) is 0 Å². The Hall–Kier alpha value is -1.98. The summed E-state index contributed by atoms with van der Waals surface area (Å²) in [5.74, 6) is -0.213. The van der Waals surface area contributed by atoms with Crippen molar-refractivity contribution in [3.8, 4) is 0 Å². The topological polar surface area (TPSA) is 110 Å². The van der Waals surface area contributed by atoms with Crippen molar-refractivity contribution in [2.75, 3.05) is 18.4 Å². The zero-order chi connectivity index (χ0) is 19.4. The van der Waals surface area contributed by atoms with E-state index in [-0.39, 0.29) is 10.8 Å². The zero-order valence-electron chi connectivity index (χ0n) is 15.2. The Morgan fingerprint density at radius 1 is 1.19 bits per heavy atom. The number of aromatic nitrogens is 4. The van der Waals surface area contributed by atoms with Gasteiger partial charge >= 0.3 is 0 Å². The van der Waals surface area contributed by atoms with Gasteiger partial charge in [-0.1, -0.05) is 18.2 Å². The summed E-state index contributed by atoms with van der Waals surface area (Å²) in [5, 5.41) is 14.0. The van der Waals surface area contributed by atoms with Crippen LogP contribution in [0.1, 0.15) is 26.2 Å². The van der Waals surface area contributed by atoms with Crippen LogP contribution in [0.15, 0.2) is 34.3 Å². The molecule has 2 heterocycles. The molecular formula is C16H22N6O3S2. The number of thioether (sulfide) groups is 1. The number of sulfonamides is 1. The van der Waals surface area contributed by atoms with Gasteiger partial charge in [-0.2, -0.15) is 4.31 Å². The molecule has 1 atom stereocenters. The average molecular weight is 411 g/mol. The number of aryl methyl sites for hydroxylation is 1. The van der Waals surface area contributed by atoms with Crippen molar-refractivity contribution in [1.82, 2.24) is 24.5 Å². The lowest BCUT2D eigenvalue weighted by Crippen LogP contribution is -2.35. The fraction of sp³-hybridized carbons (Fsp3) is 0.500. The van der Waals surface area contributed by atoms with E-state index in [2.05, 4.69) is 20.8 Å². The second-order valence-corrected chi connectivity index (χ2v) is 9.57. The van der Waals surface area contributed by atoms with Gasteiger partial charge in [-0.15, -0.1) is 5.10 Å². The highest BCUT2D eigenvalue weighted by molar-refractivity contribution is 8.00. The number of hydrogen-bond donors (Lipinski definition) is 1. The Morgan fingerprint density at radius 2 is 1.85 bits per heavy atom. The Bertz CT molecular complexity index is 891. The summed E-state index contributed by atoms with van der Waals surface area (Å²) >= 11 is 1.24. The van der Waals surface area contributed by atoms with E-state index in [1.165, 1.54) is 32.9 Å². The van der Waals surface area contributed by atoms with Crippen molar-refractivity contribution >= 4 is 33.4 Å². The first-order valence-corrected chi connectivity index (χ1v) is 11.0. The van der Waals surface area contributed by atoms with Crippen LogP contribution in [-0.4, -0.2) is 57.2 Å². The largest absolute Gasteiger partial charge is 0.325 e. The van der Waals surface area contributed by atoms with Crippen molar-refractivity contribution in [2.24, 2.45) is 7.05 Å². The van der Waals surface area contributed by atoms with Crippen molar-refractivity contribution in [2.45, 2.75) is 41.5 Å². The lowest BCUT2D eigenvalue weighted by atomic mass is 10.2. The number of hydrogen-bond acceptors (Lipinski definition) is 7. The third kappa shape index (κ3) is 4.66. The molecule has 3 rings (SSSR count). The maximum atomic E-state index is 12.7. The van der Waals surface area contributed by atoms with Gasteiger partial charge in [-0.05, 0) is 54.5 Å². The van der Waals surface area contributed by atoms with Crippen LogP contribution in [0.4, 0.5) is 5.69 Å². The summed E-state index contributed by atoms with van der Waals surface area (Å²) in [6.07, 6.45) is 2.85. The van der Waals surface area contributed by atoms with Crippen molar-refractivity contribution in [3.05, 3.63) is 24.3 Å². The molecule has 2 aromatic rings. The molecule has 0 saturated carbocycles. The molecule has 0 spiro atoms. The van der Waals surface area contributed by atoms with Gasteiger partial charge in [-0.25, -0.2) is 13.1 Å². The molecule has 1 saturated heterocycles. The number of carbonyl (C=O) groups is 1. The fourth-order valence-electron chi connectivity index (χ4n) is 2.74. The number of anilines is 1. The first-order valence-electron chi connectivity index (χ1n) is 8.68. The van der Waals surface area contributed by atoms with Crippen LogP contribution >= 0.6 is 11.8 Å². The molecule has 9 nitrogen and oxygen atoms in total. The van der Waals surface area contributed by atoms with E-state index in [4.69, 9.17) is 0 Å². The summed E-state index contributed by atoms with van der Waals surface area (Å²) in [5.41, 5.74) is 0.543. The second-order valence-electron chi connectivity index (χ2n) is 6.32. The molecule has 1 unspecified atom stereocenters. The van der Waals surface area contributed by atoms with Gasteiger partial charge in [0.05, 0.1) is 10.1 Å². The molecule has 146 valence electrons. The number of nitrogens with zero attached hydrogens (tertiary/aromatic N) is 5. The highest BCUT2D eigenvalue weighted by Crippen LogP contribution is 2.23. The van der Waals surface area contributed by atoms with Gasteiger partial charge in [0.25, 0.3) is 0 Å². The average Bonchev–Trinajstić information content (AvgIpc) is 3.07. The molecule has 1 aromatic carbocycles. The van der Waals surface area contributed by atoms with Gasteiger partial charge in [0, 0.05) is 25.8 Å². The Morgan fingerprint density at radius 3 is 2.44 bits per heavy atom. The van der Waals surface area contributed by atoms with Crippen LogP contribution in [0.5, 0.6) is 0 Å². The van der Waals surface area contributed by atoms with Crippen molar-refractivity contribution in [1.29, 1.82) is 0 Å². The predicted octanol–water partition coefficient (Wildman–Crippen LogP) is 1.50. The summed E-state index contributed by atoms with van der Waals surface area (Å²) in [4.78, 5) is 12.6. The Kier molecular flexibility index (Phi) is 6.12. The number of amides is 1. The van der Waals surface area contributed by atoms with Gasteiger partial charge in [0.2, 0.25) is 21.1 Å². The molecule has 0 aliphatic carbocycles. The molecule has 1 amide bonds. The van der Waals surface area contributed by atoms with Crippen molar-refractivity contribution < 1.29 is 13.2 Å². The minimum Gasteiger partial charge on any atom is -0.325 e. The van der Waals surface area contributed by atoms with Gasteiger partial charge < -0.3 is 5.32 Å². The fourth-order valence-corrected chi connectivity index (χ4v) is 5.01. The normalized spacial score (nSPS) is 16.8. The number of carbonyl (C=O) groups excluding carboxylic acids is 1. The summed E-state index contributed by atoms with van der Waals surface area (Å²) < 4.78 is 28.3. The van der Waals surface area contributed by atoms with Crippen LogP contribution in [0.25, 0.3) is 0 Å². The SMILES string of the molecule is CC(Sc1nnnn1C)C(=O)Nc1ccc(S(=O)(=O)N2CCCCC2)cc1. The number of piperidine rings is 1. The zero-order valence-corrected chi connectivity index (χ0v) is 16.8. The Balaban J connectivity index is 1.63. The van der Waals surface area contributed by atoms with Crippen LogP contribution in [-0.2, 0) is 21.9 Å². The Labute approximate surface area is 162 Å². The van der Waals surface area contributed by atoms with E-state index in [1.54, 1.807) is 26.1 Å². The first kappa shape index (κ1) is 19.8. The van der Waals surface area contributed by atoms with Crippen LogP contribution in [0.3, 0.4) is 0 Å². The first-order chi connectivity index (χ1) is 12.9. The molecule has 1 N–H and O–H groups in total. The summed E-state index contributed by atoms with van der Waals surface area (Å²) in [7, 11) is -1.77. The molecule has 1 fully saturated rings. The monoisotopic (exact) mass is 410 g/mol. The van der Waals surface area contributed by atoms with E-state index < -0.39 is 15.3 Å². The highest BCUT2D eigenvalue weighted by Gasteiger charge is 2.26. The highest BCUT2D eigenvalue weighted by atomic mass is 32.2. The summed E-state index contributed by atoms with van der Waals surface area (Å²) in [6.45, 7) is 2.88. The maximum Gasteiger partial charge on any atom is 0.243 e. The van der Waals surface area contributed by atoms with Crippen LogP contribution in [0.2, 0.25) is 0 Å². The van der Waals surface area contributed by atoms with E-state index in [0.717, 1.165) is 19.3 Å². The molecule has 1 aliphatic rings. The number of rotatable bonds is 6. The lowest BCUT2D eigenvalue weighted by Gasteiger charge is -2.25. The van der Waals surface area contributed by atoms with Crippen LogP contribution < -0.4 is 5.32 Å². The van der Waals surface area contributed by atoms with E-state index in [0.29, 0.717) is 23.9 Å². The molecular weight excluding hydrogens is 388 g/mol.